The van der Waals surface area contributed by atoms with Crippen LogP contribution < -0.4 is 10.6 Å². The van der Waals surface area contributed by atoms with E-state index < -0.39 is 0 Å². The molecular weight excluding hydrogens is 212 g/mol. The Kier molecular flexibility index (Phi) is 2.44. The molecular formula is C13H16N4. The molecule has 3 heterocycles. The third kappa shape index (κ3) is 1.85. The SMILES string of the molecule is C[C@@H]1CN(c2ccc3cccnc3n2)C[C@H]1N. The average Bonchev–Trinajstić information content (AvgIpc) is 2.69. The van der Waals surface area contributed by atoms with Crippen LogP contribution in [0.2, 0.25) is 0 Å². The minimum atomic E-state index is 0.247. The van der Waals surface area contributed by atoms with Gasteiger partial charge in [0.05, 0.1) is 0 Å². The molecule has 0 bridgehead atoms. The third-order valence-corrected chi connectivity index (χ3v) is 3.44. The zero-order chi connectivity index (χ0) is 11.8. The Labute approximate surface area is 100 Å². The quantitative estimate of drug-likeness (QED) is 0.802. The van der Waals surface area contributed by atoms with E-state index in [9.17, 15) is 0 Å². The smallest absolute Gasteiger partial charge is 0.161 e. The maximum Gasteiger partial charge on any atom is 0.161 e. The number of aromatic nitrogens is 2. The maximum atomic E-state index is 6.03. The van der Waals surface area contributed by atoms with Crippen LogP contribution in [-0.4, -0.2) is 29.1 Å². The van der Waals surface area contributed by atoms with E-state index in [0.29, 0.717) is 5.92 Å². The number of hydrogen-bond donors (Lipinski definition) is 1. The summed E-state index contributed by atoms with van der Waals surface area (Å²) in [6.07, 6.45) is 1.78. The Morgan fingerprint density at radius 2 is 2.18 bits per heavy atom. The first-order chi connectivity index (χ1) is 8.24. The highest BCUT2D eigenvalue weighted by Crippen LogP contribution is 2.22. The molecule has 2 aromatic heterocycles. The number of hydrogen-bond acceptors (Lipinski definition) is 4. The maximum absolute atomic E-state index is 6.03. The van der Waals surface area contributed by atoms with Gasteiger partial charge in [-0.1, -0.05) is 6.92 Å². The molecule has 2 atom stereocenters. The van der Waals surface area contributed by atoms with Crippen LogP contribution in [0.25, 0.3) is 11.0 Å². The van der Waals surface area contributed by atoms with Gasteiger partial charge in [-0.15, -0.1) is 0 Å². The third-order valence-electron chi connectivity index (χ3n) is 3.44. The second kappa shape index (κ2) is 3.96. The first-order valence-corrected chi connectivity index (χ1v) is 5.96. The van der Waals surface area contributed by atoms with Gasteiger partial charge in [0.2, 0.25) is 0 Å². The van der Waals surface area contributed by atoms with Crippen LogP contribution in [0.4, 0.5) is 5.82 Å². The van der Waals surface area contributed by atoms with E-state index in [0.717, 1.165) is 29.9 Å². The van der Waals surface area contributed by atoms with Gasteiger partial charge in [0.1, 0.15) is 5.82 Å². The van der Waals surface area contributed by atoms with Crippen LogP contribution >= 0.6 is 0 Å². The summed E-state index contributed by atoms with van der Waals surface area (Å²) in [5.41, 5.74) is 6.84. The zero-order valence-electron chi connectivity index (χ0n) is 9.87. The van der Waals surface area contributed by atoms with Crippen molar-refractivity contribution in [1.29, 1.82) is 0 Å². The fraction of sp³-hybridized carbons (Fsp3) is 0.385. The van der Waals surface area contributed by atoms with Crippen molar-refractivity contribution in [3.8, 4) is 0 Å². The minimum absolute atomic E-state index is 0.247. The van der Waals surface area contributed by atoms with Crippen LogP contribution in [0.15, 0.2) is 30.5 Å². The van der Waals surface area contributed by atoms with Crippen LogP contribution in [-0.2, 0) is 0 Å². The number of rotatable bonds is 1. The molecule has 1 saturated heterocycles. The fourth-order valence-electron chi connectivity index (χ4n) is 2.30. The average molecular weight is 228 g/mol. The van der Waals surface area contributed by atoms with Gasteiger partial charge >= 0.3 is 0 Å². The summed E-state index contributed by atoms with van der Waals surface area (Å²) in [6, 6.07) is 8.32. The molecule has 1 aliphatic heterocycles. The molecule has 3 rings (SSSR count). The lowest BCUT2D eigenvalue weighted by Gasteiger charge is -2.16. The molecule has 4 nitrogen and oxygen atoms in total. The summed E-state index contributed by atoms with van der Waals surface area (Å²) in [6.45, 7) is 4.04. The van der Waals surface area contributed by atoms with Gasteiger partial charge in [-0.05, 0) is 30.2 Å². The fourth-order valence-corrected chi connectivity index (χ4v) is 2.30. The van der Waals surface area contributed by atoms with Crippen molar-refractivity contribution in [3.05, 3.63) is 30.5 Å². The molecule has 17 heavy (non-hydrogen) atoms. The van der Waals surface area contributed by atoms with E-state index in [4.69, 9.17) is 5.73 Å². The minimum Gasteiger partial charge on any atom is -0.355 e. The largest absolute Gasteiger partial charge is 0.355 e. The molecule has 88 valence electrons. The van der Waals surface area contributed by atoms with E-state index >= 15 is 0 Å². The molecule has 0 aliphatic carbocycles. The van der Waals surface area contributed by atoms with Gasteiger partial charge in [-0.25, -0.2) is 9.97 Å². The van der Waals surface area contributed by atoms with Crippen molar-refractivity contribution in [3.63, 3.8) is 0 Å². The molecule has 1 fully saturated rings. The second-order valence-corrected chi connectivity index (χ2v) is 4.77. The molecule has 0 radical (unpaired) electrons. The molecule has 2 N–H and O–H groups in total. The number of pyridine rings is 2. The van der Waals surface area contributed by atoms with Gasteiger partial charge in [-0.3, -0.25) is 0 Å². The van der Waals surface area contributed by atoms with Crippen LogP contribution in [0.5, 0.6) is 0 Å². The van der Waals surface area contributed by atoms with Gasteiger partial charge in [0.25, 0.3) is 0 Å². The molecule has 4 heteroatoms. The van der Waals surface area contributed by atoms with Gasteiger partial charge in [-0.2, -0.15) is 0 Å². The molecule has 0 saturated carbocycles. The van der Waals surface area contributed by atoms with Crippen molar-refractivity contribution in [1.82, 2.24) is 9.97 Å². The highest BCUT2D eigenvalue weighted by atomic mass is 15.2. The van der Waals surface area contributed by atoms with E-state index in [1.165, 1.54) is 0 Å². The van der Waals surface area contributed by atoms with Crippen LogP contribution in [0, 0.1) is 5.92 Å². The van der Waals surface area contributed by atoms with Crippen LogP contribution in [0.1, 0.15) is 6.92 Å². The summed E-state index contributed by atoms with van der Waals surface area (Å²) in [7, 11) is 0. The Balaban J connectivity index is 1.96. The Hall–Kier alpha value is -1.68. The molecule has 0 spiro atoms. The van der Waals surface area contributed by atoms with E-state index in [-0.39, 0.29) is 6.04 Å². The first kappa shape index (κ1) is 10.5. The van der Waals surface area contributed by atoms with Crippen molar-refractivity contribution >= 4 is 16.9 Å². The van der Waals surface area contributed by atoms with Crippen molar-refractivity contribution in [2.45, 2.75) is 13.0 Å². The number of nitrogens with zero attached hydrogens (tertiary/aromatic N) is 3. The number of anilines is 1. The zero-order valence-corrected chi connectivity index (χ0v) is 9.87. The van der Waals surface area contributed by atoms with E-state index in [1.807, 2.05) is 12.1 Å². The van der Waals surface area contributed by atoms with Gasteiger partial charge in [0, 0.05) is 30.7 Å². The summed E-state index contributed by atoms with van der Waals surface area (Å²) < 4.78 is 0. The monoisotopic (exact) mass is 228 g/mol. The first-order valence-electron chi connectivity index (χ1n) is 5.96. The Morgan fingerprint density at radius 3 is 2.94 bits per heavy atom. The molecule has 2 aromatic rings. The lowest BCUT2D eigenvalue weighted by Crippen LogP contribution is -2.28. The number of nitrogens with two attached hydrogens (primary N) is 1. The van der Waals surface area contributed by atoms with Crippen molar-refractivity contribution in [2.75, 3.05) is 18.0 Å². The molecule has 0 amide bonds. The molecule has 0 aromatic carbocycles. The predicted molar refractivity (Wildman–Crippen MR) is 68.9 cm³/mol. The lowest BCUT2D eigenvalue weighted by molar-refractivity contribution is 0.566. The summed E-state index contributed by atoms with van der Waals surface area (Å²) in [5.74, 6) is 1.51. The molecule has 1 aliphatic rings. The summed E-state index contributed by atoms with van der Waals surface area (Å²) in [4.78, 5) is 11.1. The second-order valence-electron chi connectivity index (χ2n) is 4.77. The van der Waals surface area contributed by atoms with Gasteiger partial charge in [0.15, 0.2) is 5.65 Å². The number of fused-ring (bicyclic) bond motifs is 1. The topological polar surface area (TPSA) is 55.0 Å². The van der Waals surface area contributed by atoms with Crippen molar-refractivity contribution < 1.29 is 0 Å². The van der Waals surface area contributed by atoms with Crippen molar-refractivity contribution in [2.24, 2.45) is 11.7 Å². The highest BCUT2D eigenvalue weighted by Gasteiger charge is 2.27. The summed E-state index contributed by atoms with van der Waals surface area (Å²) in [5, 5.41) is 1.08. The van der Waals surface area contributed by atoms with Crippen LogP contribution in [0.3, 0.4) is 0 Å². The van der Waals surface area contributed by atoms with E-state index in [2.05, 4.69) is 33.9 Å². The lowest BCUT2D eigenvalue weighted by atomic mass is 10.1. The normalized spacial score (nSPS) is 24.5. The standard InChI is InChI=1S/C13H16N4/c1-9-7-17(8-11(9)14)12-5-4-10-3-2-6-15-13(10)16-12/h2-6,9,11H,7-8,14H2,1H3/t9-,11-/m1/s1. The van der Waals surface area contributed by atoms with E-state index in [1.54, 1.807) is 6.20 Å². The Bertz CT molecular complexity index is 530. The Morgan fingerprint density at radius 1 is 1.29 bits per heavy atom. The predicted octanol–water partition coefficient (Wildman–Crippen LogP) is 1.41. The molecule has 0 unspecified atom stereocenters. The highest BCUT2D eigenvalue weighted by molar-refractivity contribution is 5.76. The van der Waals surface area contributed by atoms with Gasteiger partial charge < -0.3 is 10.6 Å². The summed E-state index contributed by atoms with van der Waals surface area (Å²) >= 11 is 0.